The highest BCUT2D eigenvalue weighted by Gasteiger charge is 2.14. The number of ether oxygens (including phenoxy) is 2. The van der Waals surface area contributed by atoms with E-state index in [1.54, 1.807) is 36.4 Å². The van der Waals surface area contributed by atoms with E-state index in [1.807, 2.05) is 36.4 Å². The van der Waals surface area contributed by atoms with Crippen LogP contribution in [0.4, 0.5) is 5.69 Å². The number of nitriles is 1. The maximum atomic E-state index is 12.6. The molecule has 0 spiro atoms. The minimum absolute atomic E-state index is 0.0862. The molecule has 1 N–H and O–H groups in total. The van der Waals surface area contributed by atoms with Crippen LogP contribution in [0.3, 0.4) is 0 Å². The van der Waals surface area contributed by atoms with Gasteiger partial charge in [0.15, 0.2) is 0 Å². The Morgan fingerprint density at radius 3 is 2.52 bits per heavy atom. The summed E-state index contributed by atoms with van der Waals surface area (Å²) in [6, 6.07) is 22.1. The largest absolute Gasteiger partial charge is 0.495 e. The van der Waals surface area contributed by atoms with Crippen molar-refractivity contribution in [2.24, 2.45) is 0 Å². The maximum absolute atomic E-state index is 12.6. The monoisotopic (exact) mass is 496 g/mol. The molecule has 0 atom stereocenters. The first kappa shape index (κ1) is 22.4. The van der Waals surface area contributed by atoms with Crippen LogP contribution in [0.5, 0.6) is 11.5 Å². The van der Waals surface area contributed by atoms with Crippen molar-refractivity contribution in [3.8, 4) is 17.6 Å². The molecular weight excluding hydrogens is 480 g/mol. The summed E-state index contributed by atoms with van der Waals surface area (Å²) >= 11 is 9.52. The number of nitrogens with one attached hydrogen (secondary N) is 1. The SMILES string of the molecule is COc1c(Cl)cc(Br)cc1/C=C(\C#N)C(=O)Nc1ccc(OCc2ccccc2)cc1. The Morgan fingerprint density at radius 1 is 1.16 bits per heavy atom. The predicted octanol–water partition coefficient (Wildman–Crippen LogP) is 6.24. The summed E-state index contributed by atoms with van der Waals surface area (Å²) in [5, 5.41) is 12.6. The Morgan fingerprint density at radius 2 is 1.87 bits per heavy atom. The van der Waals surface area contributed by atoms with Crippen LogP contribution in [0, 0.1) is 11.3 Å². The molecule has 0 bridgehead atoms. The average molecular weight is 498 g/mol. The molecule has 5 nitrogen and oxygen atoms in total. The second-order valence-corrected chi connectivity index (χ2v) is 7.76. The number of carbonyl (C=O) groups excluding carboxylic acids is 1. The second kappa shape index (κ2) is 10.7. The quantitative estimate of drug-likeness (QED) is 0.310. The van der Waals surface area contributed by atoms with Crippen LogP contribution in [0.1, 0.15) is 11.1 Å². The summed E-state index contributed by atoms with van der Waals surface area (Å²) in [6.45, 7) is 0.449. The van der Waals surface area contributed by atoms with E-state index in [0.717, 1.165) is 5.56 Å². The Hall–Kier alpha value is -3.27. The molecule has 31 heavy (non-hydrogen) atoms. The molecule has 0 fully saturated rings. The van der Waals surface area contributed by atoms with Gasteiger partial charge in [0.05, 0.1) is 12.1 Å². The van der Waals surface area contributed by atoms with Crippen LogP contribution in [0.25, 0.3) is 6.08 Å². The molecule has 3 rings (SSSR count). The normalized spacial score (nSPS) is 10.8. The van der Waals surface area contributed by atoms with E-state index >= 15 is 0 Å². The Kier molecular flexibility index (Phi) is 7.71. The molecule has 0 heterocycles. The molecule has 3 aromatic rings. The zero-order valence-corrected chi connectivity index (χ0v) is 18.9. The number of anilines is 1. The molecule has 7 heteroatoms. The summed E-state index contributed by atoms with van der Waals surface area (Å²) in [6.07, 6.45) is 1.43. The number of amides is 1. The van der Waals surface area contributed by atoms with Crippen LogP contribution in [-0.2, 0) is 11.4 Å². The molecule has 0 aromatic heterocycles. The van der Waals surface area contributed by atoms with Gasteiger partial charge in [0.2, 0.25) is 0 Å². The third-order valence-electron chi connectivity index (χ3n) is 4.27. The third kappa shape index (κ3) is 6.11. The van der Waals surface area contributed by atoms with E-state index in [-0.39, 0.29) is 5.57 Å². The topological polar surface area (TPSA) is 71.3 Å². The molecule has 0 unspecified atom stereocenters. The van der Waals surface area contributed by atoms with Crippen molar-refractivity contribution >= 4 is 45.2 Å². The molecule has 156 valence electrons. The second-order valence-electron chi connectivity index (χ2n) is 6.43. The number of methoxy groups -OCH3 is 1. The van der Waals surface area contributed by atoms with E-state index in [0.29, 0.717) is 38.9 Å². The van der Waals surface area contributed by atoms with Gasteiger partial charge in [0.1, 0.15) is 29.7 Å². The summed E-state index contributed by atoms with van der Waals surface area (Å²) in [5.41, 5.74) is 2.03. The van der Waals surface area contributed by atoms with Gasteiger partial charge in [-0.1, -0.05) is 57.9 Å². The van der Waals surface area contributed by atoms with Crippen LogP contribution in [-0.4, -0.2) is 13.0 Å². The van der Waals surface area contributed by atoms with Crippen molar-refractivity contribution in [1.82, 2.24) is 0 Å². The lowest BCUT2D eigenvalue weighted by Gasteiger charge is -2.10. The fourth-order valence-electron chi connectivity index (χ4n) is 2.78. The molecule has 3 aromatic carbocycles. The van der Waals surface area contributed by atoms with Crippen molar-refractivity contribution < 1.29 is 14.3 Å². The number of benzene rings is 3. The molecule has 0 saturated heterocycles. The zero-order valence-electron chi connectivity index (χ0n) is 16.6. The Labute approximate surface area is 194 Å². The fourth-order valence-corrected chi connectivity index (χ4v) is 3.69. The number of rotatable bonds is 7. The summed E-state index contributed by atoms with van der Waals surface area (Å²) < 4.78 is 11.7. The molecule has 0 aliphatic heterocycles. The van der Waals surface area contributed by atoms with Crippen LogP contribution in [0.15, 0.2) is 76.8 Å². The lowest BCUT2D eigenvalue weighted by Crippen LogP contribution is -2.13. The molecule has 0 radical (unpaired) electrons. The van der Waals surface area contributed by atoms with Crippen molar-refractivity contribution in [2.45, 2.75) is 6.61 Å². The van der Waals surface area contributed by atoms with E-state index in [1.165, 1.54) is 13.2 Å². The number of nitrogens with zero attached hydrogens (tertiary/aromatic N) is 1. The molecule has 0 aliphatic carbocycles. The van der Waals surface area contributed by atoms with E-state index in [9.17, 15) is 10.1 Å². The average Bonchev–Trinajstić information content (AvgIpc) is 2.77. The first-order chi connectivity index (χ1) is 15.0. The summed E-state index contributed by atoms with van der Waals surface area (Å²) in [5.74, 6) is 0.510. The predicted molar refractivity (Wildman–Crippen MR) is 125 cm³/mol. The number of carbonyl (C=O) groups is 1. The van der Waals surface area contributed by atoms with E-state index in [2.05, 4.69) is 21.2 Å². The number of hydrogen-bond donors (Lipinski definition) is 1. The standard InChI is InChI=1S/C24H18BrClN2O3/c1-30-23-17(12-19(25)13-22(23)26)11-18(14-27)24(29)28-20-7-9-21(10-8-20)31-15-16-5-3-2-4-6-16/h2-13H,15H2,1H3,(H,28,29)/b18-11+. The van der Waals surface area contributed by atoms with Crippen LogP contribution >= 0.6 is 27.5 Å². The van der Waals surface area contributed by atoms with E-state index in [4.69, 9.17) is 21.1 Å². The first-order valence-corrected chi connectivity index (χ1v) is 10.4. The molecule has 0 saturated carbocycles. The fraction of sp³-hybridized carbons (Fsp3) is 0.0833. The van der Waals surface area contributed by atoms with Crippen molar-refractivity contribution in [1.29, 1.82) is 5.26 Å². The van der Waals surface area contributed by atoms with Gasteiger partial charge < -0.3 is 14.8 Å². The minimum Gasteiger partial charge on any atom is -0.495 e. The van der Waals surface area contributed by atoms with Gasteiger partial charge in [-0.15, -0.1) is 0 Å². The Bertz CT molecular complexity index is 1140. The van der Waals surface area contributed by atoms with Gasteiger partial charge in [-0.2, -0.15) is 5.26 Å². The van der Waals surface area contributed by atoms with Crippen molar-refractivity contribution in [2.75, 3.05) is 12.4 Å². The molecule has 1 amide bonds. The minimum atomic E-state index is -0.543. The van der Waals surface area contributed by atoms with Crippen LogP contribution < -0.4 is 14.8 Å². The van der Waals surface area contributed by atoms with Crippen LogP contribution in [0.2, 0.25) is 5.02 Å². The smallest absolute Gasteiger partial charge is 0.266 e. The molecular formula is C24H18BrClN2O3. The highest BCUT2D eigenvalue weighted by atomic mass is 79.9. The first-order valence-electron chi connectivity index (χ1n) is 9.23. The number of halogens is 2. The van der Waals surface area contributed by atoms with Gasteiger partial charge in [0.25, 0.3) is 5.91 Å². The van der Waals surface area contributed by atoms with E-state index < -0.39 is 5.91 Å². The maximum Gasteiger partial charge on any atom is 0.266 e. The highest BCUT2D eigenvalue weighted by molar-refractivity contribution is 9.10. The van der Waals surface area contributed by atoms with Crippen molar-refractivity contribution in [3.63, 3.8) is 0 Å². The lowest BCUT2D eigenvalue weighted by molar-refractivity contribution is -0.112. The summed E-state index contributed by atoms with van der Waals surface area (Å²) in [4.78, 5) is 12.6. The zero-order chi connectivity index (χ0) is 22.2. The third-order valence-corrected chi connectivity index (χ3v) is 5.01. The van der Waals surface area contributed by atoms with Gasteiger partial charge in [-0.3, -0.25) is 4.79 Å². The van der Waals surface area contributed by atoms with Gasteiger partial charge in [-0.25, -0.2) is 0 Å². The molecule has 0 aliphatic rings. The number of hydrogen-bond acceptors (Lipinski definition) is 4. The summed E-state index contributed by atoms with van der Waals surface area (Å²) in [7, 11) is 1.47. The lowest BCUT2D eigenvalue weighted by atomic mass is 10.1. The Balaban J connectivity index is 1.70. The van der Waals surface area contributed by atoms with Gasteiger partial charge in [-0.05, 0) is 48.0 Å². The highest BCUT2D eigenvalue weighted by Crippen LogP contribution is 2.33. The van der Waals surface area contributed by atoms with Gasteiger partial charge >= 0.3 is 0 Å². The van der Waals surface area contributed by atoms with Crippen molar-refractivity contribution in [3.05, 3.63) is 92.9 Å². The van der Waals surface area contributed by atoms with Gasteiger partial charge in [0, 0.05) is 15.7 Å².